The molecule has 1 aliphatic heterocycles. The van der Waals surface area contributed by atoms with Crippen LogP contribution in [0.1, 0.15) is 25.3 Å². The third-order valence-electron chi connectivity index (χ3n) is 3.49. The Morgan fingerprint density at radius 2 is 2.11 bits per heavy atom. The first-order chi connectivity index (χ1) is 8.61. The molecule has 0 spiro atoms. The van der Waals surface area contributed by atoms with E-state index in [9.17, 15) is 4.79 Å². The lowest BCUT2D eigenvalue weighted by molar-refractivity contribution is -0.121. The molecule has 0 unspecified atom stereocenters. The van der Waals surface area contributed by atoms with Crippen LogP contribution in [0.2, 0.25) is 0 Å². The van der Waals surface area contributed by atoms with Crippen LogP contribution in [0.5, 0.6) is 0 Å². The number of ketones is 1. The number of halogens is 1. The lowest BCUT2D eigenvalue weighted by Crippen LogP contribution is -2.36. The van der Waals surface area contributed by atoms with Crippen LogP contribution in [-0.2, 0) is 4.79 Å². The van der Waals surface area contributed by atoms with Crippen molar-refractivity contribution < 1.29 is 4.79 Å². The molecule has 0 aromatic heterocycles. The van der Waals surface area contributed by atoms with Crippen LogP contribution in [0.4, 0.5) is 5.69 Å². The van der Waals surface area contributed by atoms with Crippen LogP contribution in [0, 0.1) is 17.2 Å². The Morgan fingerprint density at radius 1 is 1.44 bits per heavy atom. The summed E-state index contributed by atoms with van der Waals surface area (Å²) in [6.45, 7) is 3.35. The van der Waals surface area contributed by atoms with Crippen LogP contribution >= 0.6 is 15.9 Å². The van der Waals surface area contributed by atoms with Crippen molar-refractivity contribution in [3.63, 3.8) is 0 Å². The van der Waals surface area contributed by atoms with Gasteiger partial charge < -0.3 is 4.90 Å². The molecule has 3 nitrogen and oxygen atoms in total. The summed E-state index contributed by atoms with van der Waals surface area (Å²) >= 11 is 3.44. The summed E-state index contributed by atoms with van der Waals surface area (Å²) in [5.41, 5.74) is 1.66. The number of Topliss-reactive ketones (excluding diaryl/α,β-unsaturated/α-hetero) is 1. The molecule has 0 radical (unpaired) electrons. The molecule has 94 valence electrons. The van der Waals surface area contributed by atoms with Gasteiger partial charge in [0.15, 0.2) is 0 Å². The number of carbonyl (C=O) groups is 1. The molecule has 1 aromatic rings. The fraction of sp³-hybridized carbons (Fsp3) is 0.429. The van der Waals surface area contributed by atoms with E-state index in [4.69, 9.17) is 5.26 Å². The summed E-state index contributed by atoms with van der Waals surface area (Å²) in [6, 6.07) is 7.91. The van der Waals surface area contributed by atoms with E-state index in [2.05, 4.69) is 26.9 Å². The number of benzene rings is 1. The molecule has 0 saturated carbocycles. The summed E-state index contributed by atoms with van der Waals surface area (Å²) in [4.78, 5) is 13.5. The van der Waals surface area contributed by atoms with Crippen molar-refractivity contribution in [2.45, 2.75) is 19.8 Å². The zero-order valence-electron chi connectivity index (χ0n) is 10.3. The summed E-state index contributed by atoms with van der Waals surface area (Å²) in [6.07, 6.45) is 1.76. The van der Waals surface area contributed by atoms with E-state index >= 15 is 0 Å². The second-order valence-electron chi connectivity index (χ2n) is 4.65. The lowest BCUT2D eigenvalue weighted by Gasteiger charge is -2.33. The van der Waals surface area contributed by atoms with Gasteiger partial charge in [0.1, 0.15) is 11.9 Å². The number of carbonyl (C=O) groups excluding carboxylic acids is 1. The molecule has 0 atom stereocenters. The zero-order valence-corrected chi connectivity index (χ0v) is 11.9. The predicted octanol–water partition coefficient (Wildman–Crippen LogP) is 3.13. The predicted molar refractivity (Wildman–Crippen MR) is 74.5 cm³/mol. The number of hydrogen-bond donors (Lipinski definition) is 0. The van der Waals surface area contributed by atoms with Gasteiger partial charge in [0.05, 0.1) is 11.3 Å². The van der Waals surface area contributed by atoms with Gasteiger partial charge in [0, 0.05) is 23.5 Å². The van der Waals surface area contributed by atoms with Gasteiger partial charge >= 0.3 is 0 Å². The maximum absolute atomic E-state index is 11.3. The normalized spacial score (nSPS) is 16.4. The molecule has 1 aromatic carbocycles. The topological polar surface area (TPSA) is 44.1 Å². The highest BCUT2D eigenvalue weighted by atomic mass is 79.9. The highest BCUT2D eigenvalue weighted by Gasteiger charge is 2.23. The number of hydrogen-bond acceptors (Lipinski definition) is 3. The van der Waals surface area contributed by atoms with Gasteiger partial charge in [0.25, 0.3) is 0 Å². The van der Waals surface area contributed by atoms with Gasteiger partial charge in [-0.2, -0.15) is 5.26 Å². The van der Waals surface area contributed by atoms with Crippen molar-refractivity contribution in [2.75, 3.05) is 18.0 Å². The Kier molecular flexibility index (Phi) is 4.03. The Hall–Kier alpha value is -1.34. The van der Waals surface area contributed by atoms with E-state index in [1.807, 2.05) is 18.2 Å². The van der Waals surface area contributed by atoms with Crippen LogP contribution in [0.15, 0.2) is 22.7 Å². The van der Waals surface area contributed by atoms with E-state index in [0.717, 1.165) is 36.1 Å². The van der Waals surface area contributed by atoms with Crippen molar-refractivity contribution in [2.24, 2.45) is 5.92 Å². The Bertz CT molecular complexity index is 499. The summed E-state index contributed by atoms with van der Waals surface area (Å²) < 4.78 is 0.977. The molecular formula is C14H15BrN2O. The molecule has 1 aliphatic rings. The minimum absolute atomic E-state index is 0.193. The quantitative estimate of drug-likeness (QED) is 0.843. The SMILES string of the molecule is CC(=O)C1CCN(c2cc(Br)ccc2C#N)CC1. The highest BCUT2D eigenvalue weighted by Crippen LogP contribution is 2.29. The average Bonchev–Trinajstić information content (AvgIpc) is 2.39. The van der Waals surface area contributed by atoms with Gasteiger partial charge in [-0.05, 0) is 38.0 Å². The molecule has 0 N–H and O–H groups in total. The van der Waals surface area contributed by atoms with Crippen LogP contribution in [0.25, 0.3) is 0 Å². The fourth-order valence-corrected chi connectivity index (χ4v) is 2.74. The maximum Gasteiger partial charge on any atom is 0.133 e. The van der Waals surface area contributed by atoms with Gasteiger partial charge in [0.2, 0.25) is 0 Å². The average molecular weight is 307 g/mol. The first-order valence-corrected chi connectivity index (χ1v) is 6.86. The maximum atomic E-state index is 11.3. The smallest absolute Gasteiger partial charge is 0.133 e. The Morgan fingerprint density at radius 3 is 2.67 bits per heavy atom. The molecule has 1 heterocycles. The van der Waals surface area contributed by atoms with Crippen LogP contribution < -0.4 is 4.90 Å². The standard InChI is InChI=1S/C14H15BrN2O/c1-10(18)11-4-6-17(7-5-11)14-8-13(15)3-2-12(14)9-16/h2-3,8,11H,4-7H2,1H3. The van der Waals surface area contributed by atoms with Crippen LogP contribution in [-0.4, -0.2) is 18.9 Å². The summed E-state index contributed by atoms with van der Waals surface area (Å²) in [5.74, 6) is 0.475. The fourth-order valence-electron chi connectivity index (χ4n) is 2.39. The van der Waals surface area contributed by atoms with Crippen LogP contribution in [0.3, 0.4) is 0 Å². The second kappa shape index (κ2) is 5.53. The summed E-state index contributed by atoms with van der Waals surface area (Å²) in [5, 5.41) is 9.13. The summed E-state index contributed by atoms with van der Waals surface area (Å²) in [7, 11) is 0. The number of anilines is 1. The zero-order chi connectivity index (χ0) is 13.1. The van der Waals surface area contributed by atoms with E-state index in [-0.39, 0.29) is 11.7 Å². The third kappa shape index (κ3) is 2.73. The van der Waals surface area contributed by atoms with Gasteiger partial charge in [-0.1, -0.05) is 15.9 Å². The largest absolute Gasteiger partial charge is 0.370 e. The van der Waals surface area contributed by atoms with Crippen molar-refractivity contribution in [1.29, 1.82) is 5.26 Å². The minimum Gasteiger partial charge on any atom is -0.370 e. The molecule has 18 heavy (non-hydrogen) atoms. The van der Waals surface area contributed by atoms with Gasteiger partial charge in [-0.3, -0.25) is 4.79 Å². The van der Waals surface area contributed by atoms with E-state index < -0.39 is 0 Å². The number of piperidine rings is 1. The van der Waals surface area contributed by atoms with Gasteiger partial charge in [-0.25, -0.2) is 0 Å². The molecule has 2 rings (SSSR count). The molecule has 0 amide bonds. The Labute approximate surface area is 116 Å². The van der Waals surface area contributed by atoms with Crippen molar-refractivity contribution >= 4 is 27.4 Å². The first-order valence-electron chi connectivity index (χ1n) is 6.07. The molecule has 1 saturated heterocycles. The molecule has 1 fully saturated rings. The van der Waals surface area contributed by atoms with E-state index in [0.29, 0.717) is 5.56 Å². The van der Waals surface area contributed by atoms with E-state index in [1.54, 1.807) is 6.92 Å². The van der Waals surface area contributed by atoms with Gasteiger partial charge in [-0.15, -0.1) is 0 Å². The third-order valence-corrected chi connectivity index (χ3v) is 3.98. The second-order valence-corrected chi connectivity index (χ2v) is 5.56. The lowest BCUT2D eigenvalue weighted by atomic mass is 9.93. The van der Waals surface area contributed by atoms with E-state index in [1.165, 1.54) is 0 Å². The highest BCUT2D eigenvalue weighted by molar-refractivity contribution is 9.10. The van der Waals surface area contributed by atoms with Crippen molar-refractivity contribution in [1.82, 2.24) is 0 Å². The number of rotatable bonds is 2. The molecule has 0 aliphatic carbocycles. The monoisotopic (exact) mass is 306 g/mol. The number of nitriles is 1. The van der Waals surface area contributed by atoms with Crippen molar-refractivity contribution in [3.05, 3.63) is 28.2 Å². The molecule has 0 bridgehead atoms. The molecule has 4 heteroatoms. The number of nitrogens with zero attached hydrogens (tertiary/aromatic N) is 2. The molecular weight excluding hydrogens is 292 g/mol. The minimum atomic E-state index is 0.193. The van der Waals surface area contributed by atoms with Crippen molar-refractivity contribution in [3.8, 4) is 6.07 Å². The Balaban J connectivity index is 2.17. The first kappa shape index (κ1) is 13.1.